The Kier molecular flexibility index (Phi) is 7.20. The Morgan fingerprint density at radius 3 is 2.57 bits per heavy atom. The van der Waals surface area contributed by atoms with E-state index in [1.165, 1.54) is 5.56 Å². The average molecular weight is 292 g/mol. The van der Waals surface area contributed by atoms with Crippen molar-refractivity contribution >= 4 is 0 Å². The molecule has 0 fully saturated rings. The van der Waals surface area contributed by atoms with Crippen molar-refractivity contribution in [3.05, 3.63) is 29.8 Å². The lowest BCUT2D eigenvalue weighted by Crippen LogP contribution is -2.42. The van der Waals surface area contributed by atoms with Crippen molar-refractivity contribution in [3.63, 3.8) is 0 Å². The first-order valence-electron chi connectivity index (χ1n) is 7.92. The minimum Gasteiger partial charge on any atom is -0.496 e. The maximum absolute atomic E-state index is 5.45. The summed E-state index contributed by atoms with van der Waals surface area (Å²) in [4.78, 5) is 2.45. The lowest BCUT2D eigenvalue weighted by atomic mass is 9.91. The van der Waals surface area contributed by atoms with Gasteiger partial charge < -0.3 is 15.0 Å². The standard InChI is InChI=1S/C18H32N2O/c1-7-19-13-18(3,4)14-20(5)15(2)12-16-10-8-9-11-17(16)21-6/h8-11,15,19H,7,12-14H2,1-6H3. The molecule has 0 amide bonds. The Morgan fingerprint density at radius 2 is 1.95 bits per heavy atom. The van der Waals surface area contributed by atoms with E-state index in [4.69, 9.17) is 4.74 Å². The number of ether oxygens (including phenoxy) is 1. The molecule has 1 atom stereocenters. The minimum absolute atomic E-state index is 0.278. The van der Waals surface area contributed by atoms with Crippen LogP contribution < -0.4 is 10.1 Å². The molecular formula is C18H32N2O. The third-order valence-corrected chi connectivity index (χ3v) is 3.99. The molecule has 1 aromatic rings. The number of methoxy groups -OCH3 is 1. The summed E-state index contributed by atoms with van der Waals surface area (Å²) >= 11 is 0. The molecule has 0 aliphatic heterocycles. The summed E-state index contributed by atoms with van der Waals surface area (Å²) in [6.45, 7) is 12.2. The molecule has 21 heavy (non-hydrogen) atoms. The normalized spacial score (nSPS) is 13.5. The van der Waals surface area contributed by atoms with Gasteiger partial charge in [0.2, 0.25) is 0 Å². The number of nitrogens with zero attached hydrogens (tertiary/aromatic N) is 1. The van der Waals surface area contributed by atoms with Crippen LogP contribution in [-0.4, -0.2) is 44.7 Å². The second-order valence-corrected chi connectivity index (χ2v) is 6.72. The molecule has 0 saturated carbocycles. The third kappa shape index (κ3) is 6.06. The number of para-hydroxylation sites is 1. The van der Waals surface area contributed by atoms with E-state index in [-0.39, 0.29) is 5.41 Å². The quantitative estimate of drug-likeness (QED) is 0.756. The van der Waals surface area contributed by atoms with Crippen LogP contribution in [0.5, 0.6) is 5.75 Å². The van der Waals surface area contributed by atoms with Gasteiger partial charge in [-0.25, -0.2) is 0 Å². The Morgan fingerprint density at radius 1 is 1.29 bits per heavy atom. The van der Waals surface area contributed by atoms with Gasteiger partial charge >= 0.3 is 0 Å². The van der Waals surface area contributed by atoms with Gasteiger partial charge in [0.1, 0.15) is 5.75 Å². The van der Waals surface area contributed by atoms with Gasteiger partial charge in [0, 0.05) is 19.1 Å². The second kappa shape index (κ2) is 8.40. The highest BCUT2D eigenvalue weighted by Crippen LogP contribution is 2.22. The number of nitrogens with one attached hydrogen (secondary N) is 1. The fourth-order valence-electron chi connectivity index (χ4n) is 2.70. The minimum atomic E-state index is 0.278. The number of benzene rings is 1. The van der Waals surface area contributed by atoms with Crippen LogP contribution in [0.2, 0.25) is 0 Å². The molecule has 0 aliphatic carbocycles. The molecule has 1 rings (SSSR count). The van der Waals surface area contributed by atoms with E-state index in [9.17, 15) is 0 Å². The highest BCUT2D eigenvalue weighted by molar-refractivity contribution is 5.33. The lowest BCUT2D eigenvalue weighted by molar-refractivity contribution is 0.165. The molecule has 0 radical (unpaired) electrons. The second-order valence-electron chi connectivity index (χ2n) is 6.72. The maximum atomic E-state index is 5.45. The van der Waals surface area contributed by atoms with Crippen molar-refractivity contribution in [1.29, 1.82) is 0 Å². The SMILES string of the molecule is CCNCC(C)(C)CN(C)C(C)Cc1ccccc1OC. The zero-order valence-electron chi connectivity index (χ0n) is 14.6. The summed E-state index contributed by atoms with van der Waals surface area (Å²) in [7, 11) is 3.96. The first kappa shape index (κ1) is 18.0. The van der Waals surface area contributed by atoms with Gasteiger partial charge in [-0.05, 0) is 44.0 Å². The van der Waals surface area contributed by atoms with Crippen LogP contribution in [-0.2, 0) is 6.42 Å². The van der Waals surface area contributed by atoms with Crippen molar-refractivity contribution in [2.75, 3.05) is 33.8 Å². The predicted molar refractivity (Wildman–Crippen MR) is 91.1 cm³/mol. The van der Waals surface area contributed by atoms with Gasteiger partial charge in [-0.15, -0.1) is 0 Å². The van der Waals surface area contributed by atoms with Crippen molar-refractivity contribution in [2.45, 2.75) is 40.2 Å². The lowest BCUT2D eigenvalue weighted by Gasteiger charge is -2.34. The third-order valence-electron chi connectivity index (χ3n) is 3.99. The van der Waals surface area contributed by atoms with Crippen LogP contribution in [0.4, 0.5) is 0 Å². The van der Waals surface area contributed by atoms with Gasteiger partial charge in [0.15, 0.2) is 0 Å². The predicted octanol–water partition coefficient (Wildman–Crippen LogP) is 3.19. The number of hydrogen-bond acceptors (Lipinski definition) is 3. The van der Waals surface area contributed by atoms with E-state index in [2.05, 4.69) is 57.1 Å². The van der Waals surface area contributed by atoms with Crippen LogP contribution in [0.3, 0.4) is 0 Å². The Hall–Kier alpha value is -1.06. The topological polar surface area (TPSA) is 24.5 Å². The van der Waals surface area contributed by atoms with Crippen LogP contribution in [0.25, 0.3) is 0 Å². The highest BCUT2D eigenvalue weighted by atomic mass is 16.5. The van der Waals surface area contributed by atoms with E-state index in [0.29, 0.717) is 6.04 Å². The maximum Gasteiger partial charge on any atom is 0.122 e. The van der Waals surface area contributed by atoms with E-state index < -0.39 is 0 Å². The average Bonchev–Trinajstić information content (AvgIpc) is 2.45. The fraction of sp³-hybridized carbons (Fsp3) is 0.667. The molecule has 0 spiro atoms. The van der Waals surface area contributed by atoms with Gasteiger partial charge in [0.25, 0.3) is 0 Å². The first-order valence-corrected chi connectivity index (χ1v) is 7.92. The molecule has 1 N–H and O–H groups in total. The van der Waals surface area contributed by atoms with Crippen molar-refractivity contribution in [2.24, 2.45) is 5.41 Å². The summed E-state index contributed by atoms with van der Waals surface area (Å²) in [6, 6.07) is 8.79. The van der Waals surface area contributed by atoms with Crippen molar-refractivity contribution in [1.82, 2.24) is 10.2 Å². The molecule has 1 aromatic carbocycles. The summed E-state index contributed by atoms with van der Waals surface area (Å²) < 4.78 is 5.45. The smallest absolute Gasteiger partial charge is 0.122 e. The number of rotatable bonds is 9. The molecule has 0 heterocycles. The van der Waals surface area contributed by atoms with E-state index in [1.54, 1.807) is 7.11 Å². The molecular weight excluding hydrogens is 260 g/mol. The zero-order chi connectivity index (χ0) is 15.9. The number of hydrogen-bond donors (Lipinski definition) is 1. The van der Waals surface area contributed by atoms with Crippen LogP contribution in [0.15, 0.2) is 24.3 Å². The highest BCUT2D eigenvalue weighted by Gasteiger charge is 2.22. The van der Waals surface area contributed by atoms with Gasteiger partial charge in [-0.3, -0.25) is 0 Å². The van der Waals surface area contributed by atoms with Crippen molar-refractivity contribution < 1.29 is 4.74 Å². The summed E-state index contributed by atoms with van der Waals surface area (Å²) in [5.74, 6) is 0.990. The van der Waals surface area contributed by atoms with Gasteiger partial charge in [-0.2, -0.15) is 0 Å². The molecule has 120 valence electrons. The van der Waals surface area contributed by atoms with Gasteiger partial charge in [-0.1, -0.05) is 39.0 Å². The van der Waals surface area contributed by atoms with Crippen LogP contribution in [0, 0.1) is 5.41 Å². The van der Waals surface area contributed by atoms with E-state index in [0.717, 1.165) is 31.8 Å². The van der Waals surface area contributed by atoms with Gasteiger partial charge in [0.05, 0.1) is 7.11 Å². The molecule has 0 bridgehead atoms. The zero-order valence-corrected chi connectivity index (χ0v) is 14.6. The molecule has 3 heteroatoms. The van der Waals surface area contributed by atoms with Crippen LogP contribution >= 0.6 is 0 Å². The number of likely N-dealkylation sites (N-methyl/N-ethyl adjacent to an activating group) is 1. The molecule has 0 aromatic heterocycles. The van der Waals surface area contributed by atoms with E-state index in [1.807, 2.05) is 12.1 Å². The summed E-state index contributed by atoms with van der Waals surface area (Å²) in [5, 5.41) is 3.45. The molecule has 0 saturated heterocycles. The summed E-state index contributed by atoms with van der Waals surface area (Å²) in [6.07, 6.45) is 1.01. The Balaban J connectivity index is 2.60. The molecule has 3 nitrogen and oxygen atoms in total. The Bertz CT molecular complexity index is 417. The summed E-state index contributed by atoms with van der Waals surface area (Å²) in [5.41, 5.74) is 1.56. The fourth-order valence-corrected chi connectivity index (χ4v) is 2.70. The van der Waals surface area contributed by atoms with E-state index >= 15 is 0 Å². The molecule has 1 unspecified atom stereocenters. The molecule has 0 aliphatic rings. The van der Waals surface area contributed by atoms with Crippen molar-refractivity contribution in [3.8, 4) is 5.75 Å². The first-order chi connectivity index (χ1) is 9.89. The van der Waals surface area contributed by atoms with Crippen LogP contribution in [0.1, 0.15) is 33.3 Å². The Labute approximate surface area is 130 Å². The largest absolute Gasteiger partial charge is 0.496 e. The monoisotopic (exact) mass is 292 g/mol.